The third-order valence-electron chi connectivity index (χ3n) is 3.93. The summed E-state index contributed by atoms with van der Waals surface area (Å²) in [7, 11) is 0. The van der Waals surface area contributed by atoms with Gasteiger partial charge in [-0.3, -0.25) is 9.79 Å². The van der Waals surface area contributed by atoms with Crippen LogP contribution in [0.25, 0.3) is 0 Å². The number of anilines is 1. The highest BCUT2D eigenvalue weighted by Crippen LogP contribution is 2.35. The van der Waals surface area contributed by atoms with Gasteiger partial charge in [0.2, 0.25) is 0 Å². The zero-order valence-corrected chi connectivity index (χ0v) is 15.2. The number of carbonyl (C=O) groups is 1. The summed E-state index contributed by atoms with van der Waals surface area (Å²) in [6.07, 6.45) is 1.38. The number of para-hydroxylation sites is 1. The van der Waals surface area contributed by atoms with Crippen LogP contribution in [0.5, 0.6) is 0 Å². The summed E-state index contributed by atoms with van der Waals surface area (Å²) in [5.41, 5.74) is 1.82. The Morgan fingerprint density at radius 2 is 1.96 bits per heavy atom. The van der Waals surface area contributed by atoms with Crippen LogP contribution >= 0.6 is 12.2 Å². The van der Waals surface area contributed by atoms with Crippen LogP contribution in [0.1, 0.15) is 40.5 Å². The van der Waals surface area contributed by atoms with Crippen molar-refractivity contribution in [3.63, 3.8) is 0 Å². The van der Waals surface area contributed by atoms with Crippen molar-refractivity contribution in [2.45, 2.75) is 40.5 Å². The van der Waals surface area contributed by atoms with Crippen molar-refractivity contribution < 1.29 is 4.79 Å². The molecule has 1 fully saturated rings. The Kier molecular flexibility index (Phi) is 5.69. The number of hydrogen-bond acceptors (Lipinski definition) is 3. The second-order valence-corrected chi connectivity index (χ2v) is 7.94. The van der Waals surface area contributed by atoms with E-state index in [0.29, 0.717) is 17.3 Å². The summed E-state index contributed by atoms with van der Waals surface area (Å²) >= 11 is 5.55. The van der Waals surface area contributed by atoms with Crippen LogP contribution in [0.2, 0.25) is 0 Å². The smallest absolute Gasteiger partial charge is 0.148 e. The van der Waals surface area contributed by atoms with Gasteiger partial charge in [-0.1, -0.05) is 58.1 Å². The Morgan fingerprint density at radius 1 is 1.30 bits per heavy atom. The van der Waals surface area contributed by atoms with E-state index >= 15 is 0 Å². The maximum atomic E-state index is 12.7. The van der Waals surface area contributed by atoms with E-state index in [1.165, 1.54) is 0 Å². The lowest BCUT2D eigenvalue weighted by molar-refractivity contribution is -0.122. The molecule has 1 aromatic rings. The fraction of sp³-hybridized carbons (Fsp3) is 0.526. The molecule has 23 heavy (non-hydrogen) atoms. The van der Waals surface area contributed by atoms with E-state index in [4.69, 9.17) is 17.2 Å². The van der Waals surface area contributed by atoms with E-state index in [1.807, 2.05) is 30.3 Å². The molecule has 4 heteroatoms. The summed E-state index contributed by atoms with van der Waals surface area (Å²) in [5.74, 6) is 0.271. The molecule has 1 aliphatic carbocycles. The van der Waals surface area contributed by atoms with Crippen molar-refractivity contribution in [3.05, 3.63) is 30.3 Å². The molecule has 3 nitrogen and oxygen atoms in total. The number of Topliss-reactive ketones (excluding diaryl/α,β-unsaturated/α-hetero) is 1. The molecule has 0 amide bonds. The molecule has 1 saturated carbocycles. The number of aliphatic imine (C=N–C) groups is 1. The Bertz CT molecular complexity index is 605. The predicted octanol–water partition coefficient (Wildman–Crippen LogP) is 4.53. The highest BCUT2D eigenvalue weighted by Gasteiger charge is 2.40. The average Bonchev–Trinajstić information content (AvgIpc) is 2.44. The molecular weight excluding hydrogens is 304 g/mol. The lowest BCUT2D eigenvalue weighted by Gasteiger charge is -2.35. The molecule has 0 radical (unpaired) electrons. The van der Waals surface area contributed by atoms with Crippen molar-refractivity contribution in [2.24, 2.45) is 22.2 Å². The molecule has 1 aliphatic rings. The van der Waals surface area contributed by atoms with Crippen molar-refractivity contribution >= 4 is 34.4 Å². The first kappa shape index (κ1) is 17.8. The van der Waals surface area contributed by atoms with E-state index < -0.39 is 0 Å². The number of hydrogen-bond donors (Lipinski definition) is 1. The Morgan fingerprint density at radius 3 is 2.57 bits per heavy atom. The Labute approximate surface area is 144 Å². The second kappa shape index (κ2) is 7.35. The molecule has 2 rings (SSSR count). The quantitative estimate of drug-likeness (QED) is 0.825. The van der Waals surface area contributed by atoms with E-state index in [0.717, 1.165) is 24.4 Å². The molecule has 1 aromatic carbocycles. The van der Waals surface area contributed by atoms with Gasteiger partial charge in [-0.05, 0) is 29.9 Å². The largest absolute Gasteiger partial charge is 0.349 e. The lowest BCUT2D eigenvalue weighted by Crippen LogP contribution is -2.43. The van der Waals surface area contributed by atoms with Crippen LogP contribution < -0.4 is 5.32 Å². The Hall–Kier alpha value is -1.55. The first-order valence-electron chi connectivity index (χ1n) is 8.20. The molecular formula is C19H26N2OS. The normalized spacial score (nSPS) is 22.4. The average molecular weight is 330 g/mol. The van der Waals surface area contributed by atoms with Gasteiger partial charge >= 0.3 is 0 Å². The molecule has 124 valence electrons. The first-order valence-corrected chi connectivity index (χ1v) is 8.61. The van der Waals surface area contributed by atoms with Gasteiger partial charge in [0.25, 0.3) is 0 Å². The molecule has 0 bridgehead atoms. The predicted molar refractivity (Wildman–Crippen MR) is 101 cm³/mol. The zero-order chi connectivity index (χ0) is 17.0. The molecule has 1 unspecified atom stereocenters. The van der Waals surface area contributed by atoms with Crippen LogP contribution in [0.15, 0.2) is 35.3 Å². The fourth-order valence-electron chi connectivity index (χ4n) is 2.89. The van der Waals surface area contributed by atoms with Gasteiger partial charge in [0.15, 0.2) is 0 Å². The Balaban J connectivity index is 2.23. The summed E-state index contributed by atoms with van der Waals surface area (Å²) in [6.45, 7) is 9.26. The zero-order valence-electron chi connectivity index (χ0n) is 14.4. The van der Waals surface area contributed by atoms with Crippen LogP contribution in [-0.2, 0) is 4.79 Å². The highest BCUT2D eigenvalue weighted by molar-refractivity contribution is 7.80. The van der Waals surface area contributed by atoms with Gasteiger partial charge in [0, 0.05) is 24.4 Å². The number of thiocarbonyl (C=S) groups is 1. The monoisotopic (exact) mass is 330 g/mol. The van der Waals surface area contributed by atoms with Crippen LogP contribution in [0.4, 0.5) is 5.69 Å². The summed E-state index contributed by atoms with van der Waals surface area (Å²) in [5, 5.41) is 3.22. The summed E-state index contributed by atoms with van der Waals surface area (Å²) < 4.78 is 0. The molecule has 0 saturated heterocycles. The number of nitrogens with one attached hydrogen (secondary N) is 1. The SMILES string of the molecule is CC(C)CN=C1CC(C)(C)CC(=O)C1C(=S)Nc1ccccc1. The number of ketones is 1. The van der Waals surface area contributed by atoms with Crippen LogP contribution in [-0.4, -0.2) is 23.0 Å². The number of nitrogens with zero attached hydrogens (tertiary/aromatic N) is 1. The summed E-state index contributed by atoms with van der Waals surface area (Å²) in [4.78, 5) is 18.0. The molecule has 0 spiro atoms. The molecule has 1 atom stereocenters. The number of rotatable bonds is 4. The minimum atomic E-state index is -0.378. The van der Waals surface area contributed by atoms with Gasteiger partial charge in [-0.2, -0.15) is 0 Å². The van der Waals surface area contributed by atoms with Gasteiger partial charge in [-0.25, -0.2) is 0 Å². The molecule has 1 N–H and O–H groups in total. The summed E-state index contributed by atoms with van der Waals surface area (Å²) in [6, 6.07) is 9.76. The highest BCUT2D eigenvalue weighted by atomic mass is 32.1. The maximum absolute atomic E-state index is 12.7. The van der Waals surface area contributed by atoms with Gasteiger partial charge < -0.3 is 5.32 Å². The second-order valence-electron chi connectivity index (χ2n) is 7.50. The van der Waals surface area contributed by atoms with Crippen molar-refractivity contribution in [1.82, 2.24) is 0 Å². The van der Waals surface area contributed by atoms with E-state index in [2.05, 4.69) is 33.0 Å². The molecule has 0 heterocycles. The number of carbonyl (C=O) groups excluding carboxylic acids is 1. The molecule has 0 aliphatic heterocycles. The van der Waals surface area contributed by atoms with Gasteiger partial charge in [0.05, 0.1) is 4.99 Å². The van der Waals surface area contributed by atoms with Crippen LogP contribution in [0.3, 0.4) is 0 Å². The minimum Gasteiger partial charge on any atom is -0.349 e. The van der Waals surface area contributed by atoms with Crippen molar-refractivity contribution in [3.8, 4) is 0 Å². The van der Waals surface area contributed by atoms with Crippen molar-refractivity contribution in [2.75, 3.05) is 11.9 Å². The number of benzene rings is 1. The maximum Gasteiger partial charge on any atom is 0.148 e. The van der Waals surface area contributed by atoms with Crippen molar-refractivity contribution in [1.29, 1.82) is 0 Å². The molecule has 0 aromatic heterocycles. The standard InChI is InChI=1S/C19H26N2OS/c1-13(2)12-20-15-10-19(3,4)11-16(22)17(15)18(23)21-14-8-6-5-7-9-14/h5-9,13,17H,10-12H2,1-4H3,(H,21,23). The third-order valence-corrected chi connectivity index (χ3v) is 4.27. The van der Waals surface area contributed by atoms with Gasteiger partial charge in [-0.15, -0.1) is 0 Å². The topological polar surface area (TPSA) is 41.5 Å². The third kappa shape index (κ3) is 4.96. The van der Waals surface area contributed by atoms with E-state index in [9.17, 15) is 4.79 Å². The fourth-order valence-corrected chi connectivity index (χ4v) is 3.28. The first-order chi connectivity index (χ1) is 10.8. The van der Waals surface area contributed by atoms with Crippen LogP contribution in [0, 0.1) is 17.3 Å². The van der Waals surface area contributed by atoms with E-state index in [1.54, 1.807) is 0 Å². The van der Waals surface area contributed by atoms with Gasteiger partial charge in [0.1, 0.15) is 11.7 Å². The van der Waals surface area contributed by atoms with E-state index in [-0.39, 0.29) is 17.1 Å². The lowest BCUT2D eigenvalue weighted by atomic mass is 9.71. The minimum absolute atomic E-state index is 0.0360.